The maximum absolute atomic E-state index is 12.9. The van der Waals surface area contributed by atoms with Gasteiger partial charge in [0, 0.05) is 13.1 Å². The number of carboxylic acids is 1. The number of aryl methyl sites for hydroxylation is 1. The zero-order chi connectivity index (χ0) is 15.8. The Hall–Kier alpha value is -0.920. The van der Waals surface area contributed by atoms with E-state index < -0.39 is 16.0 Å². The van der Waals surface area contributed by atoms with E-state index in [1.807, 2.05) is 0 Å². The predicted octanol–water partition coefficient (Wildman–Crippen LogP) is 2.95. The van der Waals surface area contributed by atoms with Gasteiger partial charge in [-0.15, -0.1) is 11.3 Å². The number of nitrogens with zero attached hydrogens (tertiary/aromatic N) is 1. The number of sulfonamides is 1. The predicted molar refractivity (Wildman–Crippen MR) is 82.4 cm³/mol. The molecule has 118 valence electrons. The van der Waals surface area contributed by atoms with E-state index in [9.17, 15) is 18.3 Å². The minimum Gasteiger partial charge on any atom is -0.477 e. The fourth-order valence-corrected chi connectivity index (χ4v) is 6.12. The third-order valence-corrected chi connectivity index (χ3v) is 7.57. The van der Waals surface area contributed by atoms with Gasteiger partial charge in [-0.1, -0.05) is 19.8 Å². The van der Waals surface area contributed by atoms with Gasteiger partial charge in [0.15, 0.2) is 0 Å². The molecule has 0 bridgehead atoms. The van der Waals surface area contributed by atoms with Crippen LogP contribution in [0.5, 0.6) is 0 Å². The Balaban J connectivity index is 2.42. The monoisotopic (exact) mass is 331 g/mol. The molecule has 0 aromatic carbocycles. The summed E-state index contributed by atoms with van der Waals surface area (Å²) in [4.78, 5) is 11.1. The molecule has 1 N–H and O–H groups in total. The van der Waals surface area contributed by atoms with E-state index >= 15 is 0 Å². The van der Waals surface area contributed by atoms with Crippen LogP contribution in [0.2, 0.25) is 0 Å². The average Bonchev–Trinajstić information content (AvgIpc) is 2.81. The highest BCUT2D eigenvalue weighted by atomic mass is 32.2. The van der Waals surface area contributed by atoms with Crippen molar-refractivity contribution in [3.8, 4) is 0 Å². The summed E-state index contributed by atoms with van der Waals surface area (Å²) in [6, 6.07) is -0.0512. The van der Waals surface area contributed by atoms with Gasteiger partial charge in [-0.25, -0.2) is 13.2 Å². The van der Waals surface area contributed by atoms with Crippen LogP contribution in [-0.4, -0.2) is 36.9 Å². The van der Waals surface area contributed by atoms with E-state index in [-0.39, 0.29) is 15.8 Å². The molecule has 1 aromatic heterocycles. The van der Waals surface area contributed by atoms with E-state index in [4.69, 9.17) is 0 Å². The van der Waals surface area contributed by atoms with Gasteiger partial charge >= 0.3 is 5.97 Å². The molecule has 0 saturated heterocycles. The Kier molecular flexibility index (Phi) is 4.75. The van der Waals surface area contributed by atoms with Gasteiger partial charge in [-0.05, 0) is 36.6 Å². The highest BCUT2D eigenvalue weighted by molar-refractivity contribution is 7.89. The number of hydrogen-bond donors (Lipinski definition) is 1. The van der Waals surface area contributed by atoms with E-state index in [0.29, 0.717) is 11.5 Å². The van der Waals surface area contributed by atoms with Crippen LogP contribution in [-0.2, 0) is 10.0 Å². The molecule has 1 saturated carbocycles. The van der Waals surface area contributed by atoms with Crippen molar-refractivity contribution in [2.24, 2.45) is 5.92 Å². The molecular weight excluding hydrogens is 310 g/mol. The van der Waals surface area contributed by atoms with E-state index in [2.05, 4.69) is 6.92 Å². The number of carbonyl (C=O) groups is 1. The van der Waals surface area contributed by atoms with Crippen molar-refractivity contribution in [1.29, 1.82) is 0 Å². The minimum absolute atomic E-state index is 0.0414. The summed E-state index contributed by atoms with van der Waals surface area (Å²) < 4.78 is 27.1. The van der Waals surface area contributed by atoms with Crippen molar-refractivity contribution in [2.75, 3.05) is 7.05 Å². The smallest absolute Gasteiger partial charge is 0.347 e. The fraction of sp³-hybridized carbons (Fsp3) is 0.643. The SMILES string of the molecule is Cc1csc(C(=O)O)c1S(=O)(=O)N(C)C1CCCCC1C. The molecule has 1 aromatic rings. The lowest BCUT2D eigenvalue weighted by molar-refractivity contribution is 0.0698. The summed E-state index contributed by atoms with van der Waals surface area (Å²) >= 11 is 0.971. The average molecular weight is 331 g/mol. The summed E-state index contributed by atoms with van der Waals surface area (Å²) in [6.07, 6.45) is 3.99. The third-order valence-electron chi connectivity index (χ3n) is 4.28. The molecule has 1 aliphatic carbocycles. The highest BCUT2D eigenvalue weighted by Gasteiger charge is 2.36. The van der Waals surface area contributed by atoms with Gasteiger partial charge in [0.1, 0.15) is 9.77 Å². The first-order valence-electron chi connectivity index (χ1n) is 7.06. The first-order valence-corrected chi connectivity index (χ1v) is 9.38. The van der Waals surface area contributed by atoms with E-state index in [0.717, 1.165) is 37.0 Å². The molecule has 1 aliphatic rings. The standard InChI is InChI=1S/C14H21NO4S2/c1-9-6-4-5-7-11(9)15(3)21(18,19)13-10(2)8-20-12(13)14(16)17/h8-9,11H,4-7H2,1-3H3,(H,16,17). The Morgan fingerprint density at radius 1 is 1.38 bits per heavy atom. The number of thiophene rings is 1. The van der Waals surface area contributed by atoms with Crippen molar-refractivity contribution in [1.82, 2.24) is 4.31 Å². The van der Waals surface area contributed by atoms with Crippen LogP contribution in [0, 0.1) is 12.8 Å². The van der Waals surface area contributed by atoms with E-state index in [1.165, 1.54) is 4.31 Å². The van der Waals surface area contributed by atoms with Crippen LogP contribution in [0.1, 0.15) is 47.8 Å². The van der Waals surface area contributed by atoms with Crippen LogP contribution in [0.4, 0.5) is 0 Å². The molecule has 5 nitrogen and oxygen atoms in total. The Morgan fingerprint density at radius 2 is 2.00 bits per heavy atom. The number of hydrogen-bond acceptors (Lipinski definition) is 4. The second-order valence-corrected chi connectivity index (χ2v) is 8.55. The zero-order valence-corrected chi connectivity index (χ0v) is 14.1. The Morgan fingerprint density at radius 3 is 2.57 bits per heavy atom. The maximum atomic E-state index is 12.9. The summed E-state index contributed by atoms with van der Waals surface area (Å²) in [5, 5.41) is 10.8. The largest absolute Gasteiger partial charge is 0.477 e. The van der Waals surface area contributed by atoms with Gasteiger partial charge in [-0.3, -0.25) is 0 Å². The highest BCUT2D eigenvalue weighted by Crippen LogP contribution is 2.34. The molecular formula is C14H21NO4S2. The maximum Gasteiger partial charge on any atom is 0.347 e. The van der Waals surface area contributed by atoms with Crippen LogP contribution >= 0.6 is 11.3 Å². The van der Waals surface area contributed by atoms with Gasteiger partial charge in [0.25, 0.3) is 0 Å². The number of carboxylic acid groups (broad SMARTS) is 1. The third kappa shape index (κ3) is 3.00. The normalized spacial score (nSPS) is 23.4. The molecule has 2 unspecified atom stereocenters. The number of aromatic carboxylic acids is 1. The van der Waals surface area contributed by atoms with Crippen LogP contribution < -0.4 is 0 Å². The van der Waals surface area contributed by atoms with Gasteiger partial charge < -0.3 is 5.11 Å². The summed E-state index contributed by atoms with van der Waals surface area (Å²) in [5.74, 6) is -0.887. The molecule has 0 spiro atoms. The Bertz CT molecular complexity index is 635. The topological polar surface area (TPSA) is 74.7 Å². The molecule has 0 aliphatic heterocycles. The molecule has 1 heterocycles. The first-order chi connectivity index (χ1) is 9.76. The molecule has 2 atom stereocenters. The summed E-state index contributed by atoms with van der Waals surface area (Å²) in [7, 11) is -2.20. The summed E-state index contributed by atoms with van der Waals surface area (Å²) in [6.45, 7) is 3.71. The fourth-order valence-electron chi connectivity index (χ4n) is 3.06. The molecule has 21 heavy (non-hydrogen) atoms. The second-order valence-electron chi connectivity index (χ2n) is 5.73. The van der Waals surface area contributed by atoms with Crippen molar-refractivity contribution in [3.05, 3.63) is 15.8 Å². The van der Waals surface area contributed by atoms with Gasteiger partial charge in [-0.2, -0.15) is 4.31 Å². The Labute approximate surface area is 129 Å². The molecule has 1 fully saturated rings. The van der Waals surface area contributed by atoms with Crippen molar-refractivity contribution < 1.29 is 18.3 Å². The van der Waals surface area contributed by atoms with Crippen LogP contribution in [0.25, 0.3) is 0 Å². The van der Waals surface area contributed by atoms with Crippen LogP contribution in [0.3, 0.4) is 0 Å². The quantitative estimate of drug-likeness (QED) is 0.920. The lowest BCUT2D eigenvalue weighted by Gasteiger charge is -2.35. The van der Waals surface area contributed by atoms with Gasteiger partial charge in [0.05, 0.1) is 0 Å². The lowest BCUT2D eigenvalue weighted by Crippen LogP contribution is -2.42. The zero-order valence-electron chi connectivity index (χ0n) is 12.5. The van der Waals surface area contributed by atoms with Crippen molar-refractivity contribution in [3.63, 3.8) is 0 Å². The van der Waals surface area contributed by atoms with Crippen LogP contribution in [0.15, 0.2) is 10.3 Å². The molecule has 2 rings (SSSR count). The van der Waals surface area contributed by atoms with Crippen molar-refractivity contribution in [2.45, 2.75) is 50.5 Å². The van der Waals surface area contributed by atoms with Gasteiger partial charge in [0.2, 0.25) is 10.0 Å². The second kappa shape index (κ2) is 6.06. The number of rotatable bonds is 4. The molecule has 0 amide bonds. The lowest BCUT2D eigenvalue weighted by atomic mass is 9.86. The first kappa shape index (κ1) is 16.5. The minimum atomic E-state index is -3.77. The summed E-state index contributed by atoms with van der Waals surface area (Å²) in [5.41, 5.74) is 0.507. The van der Waals surface area contributed by atoms with E-state index in [1.54, 1.807) is 19.4 Å². The molecule has 7 heteroatoms. The molecule has 0 radical (unpaired) electrons. The van der Waals surface area contributed by atoms with Crippen molar-refractivity contribution >= 4 is 27.3 Å².